The van der Waals surface area contributed by atoms with Crippen LogP contribution in [0.4, 0.5) is 0 Å². The predicted molar refractivity (Wildman–Crippen MR) is 141 cm³/mol. The van der Waals surface area contributed by atoms with Gasteiger partial charge in [0.2, 0.25) is 0 Å². The second-order valence-electron chi connectivity index (χ2n) is 8.06. The summed E-state index contributed by atoms with van der Waals surface area (Å²) in [5.41, 5.74) is 5.30. The predicted octanol–water partition coefficient (Wildman–Crippen LogP) is 8.16. The van der Waals surface area contributed by atoms with Crippen molar-refractivity contribution >= 4 is 45.0 Å². The molecule has 2 atom stereocenters. The van der Waals surface area contributed by atoms with Gasteiger partial charge in [0.1, 0.15) is 0 Å². The lowest BCUT2D eigenvalue weighted by Crippen LogP contribution is -1.99. The summed E-state index contributed by atoms with van der Waals surface area (Å²) >= 11 is 12.4. The van der Waals surface area contributed by atoms with Crippen LogP contribution >= 0.6 is 23.2 Å². The third kappa shape index (κ3) is 6.54. The highest BCUT2D eigenvalue weighted by Gasteiger charge is 2.09. The first-order chi connectivity index (χ1) is 16.1. The number of fused-ring (bicyclic) bond motifs is 2. The molecule has 0 aliphatic heterocycles. The Morgan fingerprint density at radius 2 is 1.06 bits per heavy atom. The van der Waals surface area contributed by atoms with Gasteiger partial charge in [-0.1, -0.05) is 78.9 Å². The van der Waals surface area contributed by atoms with Crippen molar-refractivity contribution in [3.05, 3.63) is 120 Å². The lowest BCUT2D eigenvalue weighted by atomic mass is 10.1. The summed E-state index contributed by atoms with van der Waals surface area (Å²) in [5.74, 6) is 0. The summed E-state index contributed by atoms with van der Waals surface area (Å²) < 4.78 is 0. The average Bonchev–Trinajstić information content (AvgIpc) is 2.84. The van der Waals surface area contributed by atoms with E-state index in [2.05, 4.69) is 52.4 Å². The third-order valence-corrected chi connectivity index (χ3v) is 5.91. The molecule has 2 unspecified atom stereocenters. The van der Waals surface area contributed by atoms with Crippen molar-refractivity contribution in [1.29, 1.82) is 0 Å². The normalized spacial score (nSPS) is 12.7. The van der Waals surface area contributed by atoms with E-state index >= 15 is 0 Å². The van der Waals surface area contributed by atoms with Gasteiger partial charge in [0.05, 0.1) is 16.4 Å². The quantitative estimate of drug-likeness (QED) is 0.241. The minimum absolute atomic E-state index is 0.0325. The minimum Gasteiger partial charge on any atom is -0.253 e. The second-order valence-corrected chi connectivity index (χ2v) is 9.33. The van der Waals surface area contributed by atoms with Gasteiger partial charge in [-0.25, -0.2) is 0 Å². The van der Waals surface area contributed by atoms with Crippen molar-refractivity contribution in [3.8, 4) is 0 Å². The van der Waals surface area contributed by atoms with Crippen LogP contribution in [0.25, 0.3) is 21.8 Å². The smallest absolute Gasteiger partial charge is 0.0705 e. The maximum absolute atomic E-state index is 6.45. The van der Waals surface area contributed by atoms with Gasteiger partial charge in [0.25, 0.3) is 0 Å². The molecule has 4 heteroatoms. The Balaban J connectivity index is 0.000000165. The summed E-state index contributed by atoms with van der Waals surface area (Å²) in [4.78, 5) is 9.19. The Morgan fingerprint density at radius 1 is 0.576 bits per heavy atom. The molecule has 2 heterocycles. The molecule has 0 saturated carbocycles. The van der Waals surface area contributed by atoms with Crippen LogP contribution in [0.3, 0.4) is 0 Å². The highest BCUT2D eigenvalue weighted by atomic mass is 35.5. The maximum Gasteiger partial charge on any atom is 0.0705 e. The van der Waals surface area contributed by atoms with Crippen molar-refractivity contribution < 1.29 is 0 Å². The van der Waals surface area contributed by atoms with Gasteiger partial charge in [-0.3, -0.25) is 9.97 Å². The number of hydrogen-bond donors (Lipinski definition) is 0. The van der Waals surface area contributed by atoms with Gasteiger partial charge in [0, 0.05) is 40.4 Å². The molecule has 0 aliphatic carbocycles. The number of nitrogens with zero attached hydrogens (tertiary/aromatic N) is 2. The number of hydrogen-bond acceptors (Lipinski definition) is 2. The van der Waals surface area contributed by atoms with E-state index in [0.717, 1.165) is 46.2 Å². The fourth-order valence-electron chi connectivity index (χ4n) is 3.70. The summed E-state index contributed by atoms with van der Waals surface area (Å²) in [5, 5.41) is 2.45. The number of pyridine rings is 2. The molecule has 5 rings (SSSR count). The zero-order chi connectivity index (χ0) is 23.0. The van der Waals surface area contributed by atoms with Crippen LogP contribution in [0.15, 0.2) is 103 Å². The van der Waals surface area contributed by atoms with Crippen molar-refractivity contribution in [3.63, 3.8) is 0 Å². The number of aromatic nitrogens is 2. The van der Waals surface area contributed by atoms with Crippen molar-refractivity contribution in [1.82, 2.24) is 9.97 Å². The van der Waals surface area contributed by atoms with Crippen LogP contribution in [0.1, 0.15) is 29.3 Å². The van der Waals surface area contributed by atoms with Gasteiger partial charge in [-0.05, 0) is 36.8 Å². The number of halogens is 2. The highest BCUT2D eigenvalue weighted by Crippen LogP contribution is 2.25. The van der Waals surface area contributed by atoms with Gasteiger partial charge < -0.3 is 0 Å². The lowest BCUT2D eigenvalue weighted by Gasteiger charge is -2.09. The molecule has 0 fully saturated rings. The Kier molecular flexibility index (Phi) is 7.93. The Morgan fingerprint density at radius 3 is 1.61 bits per heavy atom. The van der Waals surface area contributed by atoms with Crippen molar-refractivity contribution in [2.45, 2.75) is 30.5 Å². The van der Waals surface area contributed by atoms with Gasteiger partial charge in [-0.2, -0.15) is 0 Å². The van der Waals surface area contributed by atoms with E-state index in [4.69, 9.17) is 23.2 Å². The second kappa shape index (κ2) is 11.3. The van der Waals surface area contributed by atoms with Crippen LogP contribution in [0.2, 0.25) is 0 Å². The van der Waals surface area contributed by atoms with Crippen LogP contribution in [0, 0.1) is 0 Å². The summed E-state index contributed by atoms with van der Waals surface area (Å²) in [6.45, 7) is 1.98. The molecule has 0 amide bonds. The Hall–Kier alpha value is -2.94. The minimum atomic E-state index is -0.0325. The monoisotopic (exact) mass is 472 g/mol. The molecule has 0 aliphatic rings. The SMILES string of the molecule is CC(Cl)Cc1ccc2ccccc2n1.ClC(Cc1ccc2ccccc2n1)c1ccccc1. The molecule has 2 aromatic heterocycles. The van der Waals surface area contributed by atoms with E-state index in [-0.39, 0.29) is 10.8 Å². The molecule has 5 aromatic rings. The standard InChI is InChI=1S/C17H14ClN.C12H12ClN/c18-16(13-6-2-1-3-7-13)12-15-11-10-14-8-4-5-9-17(14)19-15;1-9(13)8-11-7-6-10-4-2-3-5-12(10)14-11/h1-11,16H,12H2;2-7,9H,8H2,1H3. The molecule has 166 valence electrons. The fraction of sp³-hybridized carbons (Fsp3) is 0.172. The first kappa shape index (κ1) is 23.2. The van der Waals surface area contributed by atoms with Gasteiger partial charge in [0.15, 0.2) is 0 Å². The molecule has 0 N–H and O–H groups in total. The summed E-state index contributed by atoms with van der Waals surface area (Å²) in [6.07, 6.45) is 1.57. The van der Waals surface area contributed by atoms with Crippen LogP contribution in [0.5, 0.6) is 0 Å². The third-order valence-electron chi connectivity index (χ3n) is 5.35. The van der Waals surface area contributed by atoms with Crippen molar-refractivity contribution in [2.75, 3.05) is 0 Å². The van der Waals surface area contributed by atoms with Crippen LogP contribution in [-0.4, -0.2) is 15.3 Å². The van der Waals surface area contributed by atoms with E-state index in [1.807, 2.05) is 67.6 Å². The van der Waals surface area contributed by atoms with E-state index in [0.29, 0.717) is 0 Å². The highest BCUT2D eigenvalue weighted by molar-refractivity contribution is 6.21. The molecular formula is C29H26Cl2N2. The molecule has 0 radical (unpaired) electrons. The first-order valence-electron chi connectivity index (χ1n) is 11.1. The van der Waals surface area contributed by atoms with E-state index in [1.165, 1.54) is 5.39 Å². The zero-order valence-electron chi connectivity index (χ0n) is 18.5. The summed E-state index contributed by atoms with van der Waals surface area (Å²) in [6, 6.07) is 34.7. The molecule has 0 bridgehead atoms. The van der Waals surface area contributed by atoms with Crippen LogP contribution in [-0.2, 0) is 12.8 Å². The number of para-hydroxylation sites is 2. The zero-order valence-corrected chi connectivity index (χ0v) is 20.0. The maximum atomic E-state index is 6.45. The molecule has 3 aromatic carbocycles. The molecular weight excluding hydrogens is 447 g/mol. The van der Waals surface area contributed by atoms with E-state index < -0.39 is 0 Å². The number of alkyl halides is 2. The molecule has 2 nitrogen and oxygen atoms in total. The molecule has 33 heavy (non-hydrogen) atoms. The lowest BCUT2D eigenvalue weighted by molar-refractivity contribution is 0.888. The fourth-order valence-corrected chi connectivity index (χ4v) is 4.16. The average molecular weight is 473 g/mol. The number of rotatable bonds is 5. The Bertz CT molecular complexity index is 1320. The first-order valence-corrected chi connectivity index (χ1v) is 12.0. The molecule has 0 spiro atoms. The topological polar surface area (TPSA) is 25.8 Å². The summed E-state index contributed by atoms with van der Waals surface area (Å²) in [7, 11) is 0. The Labute approximate surface area is 205 Å². The van der Waals surface area contributed by atoms with E-state index in [1.54, 1.807) is 0 Å². The number of benzene rings is 3. The van der Waals surface area contributed by atoms with Crippen LogP contribution < -0.4 is 0 Å². The molecule has 0 saturated heterocycles. The largest absolute Gasteiger partial charge is 0.253 e. The van der Waals surface area contributed by atoms with Gasteiger partial charge >= 0.3 is 0 Å². The van der Waals surface area contributed by atoms with Gasteiger partial charge in [-0.15, -0.1) is 23.2 Å². The van der Waals surface area contributed by atoms with E-state index in [9.17, 15) is 0 Å². The van der Waals surface area contributed by atoms with Crippen molar-refractivity contribution in [2.24, 2.45) is 0 Å².